The van der Waals surface area contributed by atoms with Gasteiger partial charge in [0.15, 0.2) is 0 Å². The van der Waals surface area contributed by atoms with Gasteiger partial charge in [-0.15, -0.1) is 0 Å². The Morgan fingerprint density at radius 1 is 1.50 bits per heavy atom. The fraction of sp³-hybridized carbons (Fsp3) is 0.533. The average molecular weight is 279 g/mol. The van der Waals surface area contributed by atoms with Gasteiger partial charge in [-0.1, -0.05) is 12.1 Å². The van der Waals surface area contributed by atoms with E-state index in [1.54, 1.807) is 19.1 Å². The molecule has 0 aliphatic heterocycles. The van der Waals surface area contributed by atoms with Gasteiger partial charge in [-0.05, 0) is 37.5 Å². The van der Waals surface area contributed by atoms with Crippen LogP contribution in [0.1, 0.15) is 25.3 Å². The molecule has 5 nitrogen and oxygen atoms in total. The van der Waals surface area contributed by atoms with E-state index in [0.717, 1.165) is 18.4 Å². The van der Waals surface area contributed by atoms with Gasteiger partial charge in [0.1, 0.15) is 17.9 Å². The molecule has 0 spiro atoms. The molecule has 2 N–H and O–H groups in total. The van der Waals surface area contributed by atoms with Crippen molar-refractivity contribution in [1.29, 1.82) is 0 Å². The van der Waals surface area contributed by atoms with Crippen molar-refractivity contribution < 1.29 is 19.4 Å². The van der Waals surface area contributed by atoms with Gasteiger partial charge in [0, 0.05) is 6.04 Å². The molecule has 1 aliphatic rings. The minimum Gasteiger partial charge on any atom is -0.491 e. The quantitative estimate of drug-likeness (QED) is 0.735. The van der Waals surface area contributed by atoms with Crippen LogP contribution in [-0.4, -0.2) is 36.4 Å². The number of nitrogens with one attached hydrogen (secondary N) is 1. The van der Waals surface area contributed by atoms with Crippen LogP contribution in [0.4, 0.5) is 0 Å². The van der Waals surface area contributed by atoms with Crippen LogP contribution in [0.3, 0.4) is 0 Å². The molecule has 20 heavy (non-hydrogen) atoms. The minimum absolute atomic E-state index is 0.0359. The van der Waals surface area contributed by atoms with Crippen LogP contribution in [0.25, 0.3) is 0 Å². The molecular formula is C15H21NO4. The largest absolute Gasteiger partial charge is 0.491 e. The summed E-state index contributed by atoms with van der Waals surface area (Å²) < 4.78 is 10.5. The molecule has 1 fully saturated rings. The van der Waals surface area contributed by atoms with Crippen molar-refractivity contribution in [2.45, 2.75) is 38.0 Å². The summed E-state index contributed by atoms with van der Waals surface area (Å²) in [6.45, 7) is 1.93. The van der Waals surface area contributed by atoms with Crippen molar-refractivity contribution in [3.63, 3.8) is 0 Å². The van der Waals surface area contributed by atoms with E-state index in [1.165, 1.54) is 7.11 Å². The van der Waals surface area contributed by atoms with Gasteiger partial charge in [-0.3, -0.25) is 5.32 Å². The van der Waals surface area contributed by atoms with Crippen molar-refractivity contribution in [3.8, 4) is 5.75 Å². The van der Waals surface area contributed by atoms with Crippen molar-refractivity contribution in [2.24, 2.45) is 0 Å². The topological polar surface area (TPSA) is 67.8 Å². The first-order valence-electron chi connectivity index (χ1n) is 6.76. The second-order valence-corrected chi connectivity index (χ2v) is 5.34. The summed E-state index contributed by atoms with van der Waals surface area (Å²) in [6, 6.07) is 7.55. The van der Waals surface area contributed by atoms with E-state index in [-0.39, 0.29) is 19.2 Å². The van der Waals surface area contributed by atoms with E-state index in [4.69, 9.17) is 14.6 Å². The van der Waals surface area contributed by atoms with E-state index in [1.807, 2.05) is 12.1 Å². The zero-order valence-corrected chi connectivity index (χ0v) is 11.9. The molecule has 0 radical (unpaired) electrons. The Morgan fingerprint density at radius 2 is 2.25 bits per heavy atom. The lowest BCUT2D eigenvalue weighted by Gasteiger charge is -2.28. The molecule has 5 heteroatoms. The highest BCUT2D eigenvalue weighted by molar-refractivity contribution is 5.80. The Kier molecular flexibility index (Phi) is 4.62. The van der Waals surface area contributed by atoms with Gasteiger partial charge >= 0.3 is 5.97 Å². The first-order chi connectivity index (χ1) is 9.57. The summed E-state index contributed by atoms with van der Waals surface area (Å²) in [5.41, 5.74) is -0.0806. The summed E-state index contributed by atoms with van der Waals surface area (Å²) in [6.07, 6.45) is 2.15. The summed E-state index contributed by atoms with van der Waals surface area (Å²) >= 11 is 0. The monoisotopic (exact) mass is 279 g/mol. The van der Waals surface area contributed by atoms with Gasteiger partial charge in [0.25, 0.3) is 0 Å². The van der Waals surface area contributed by atoms with Crippen LogP contribution in [0.5, 0.6) is 5.75 Å². The Bertz CT molecular complexity index is 473. The minimum atomic E-state index is -0.856. The number of esters is 1. The van der Waals surface area contributed by atoms with Gasteiger partial charge in [0.05, 0.1) is 13.7 Å². The zero-order valence-electron chi connectivity index (χ0n) is 11.9. The maximum atomic E-state index is 11.9. The van der Waals surface area contributed by atoms with Crippen molar-refractivity contribution in [3.05, 3.63) is 29.8 Å². The average Bonchev–Trinajstić information content (AvgIpc) is 3.28. The fourth-order valence-corrected chi connectivity index (χ4v) is 2.02. The van der Waals surface area contributed by atoms with Crippen molar-refractivity contribution in [1.82, 2.24) is 5.32 Å². The maximum Gasteiger partial charge on any atom is 0.329 e. The smallest absolute Gasteiger partial charge is 0.329 e. The number of carbonyl (C=O) groups is 1. The van der Waals surface area contributed by atoms with Crippen molar-refractivity contribution in [2.75, 3.05) is 13.7 Å². The molecule has 0 bridgehead atoms. The van der Waals surface area contributed by atoms with E-state index < -0.39 is 5.54 Å². The second-order valence-electron chi connectivity index (χ2n) is 5.34. The van der Waals surface area contributed by atoms with Gasteiger partial charge in [-0.25, -0.2) is 4.79 Å². The van der Waals surface area contributed by atoms with E-state index in [0.29, 0.717) is 11.8 Å². The van der Waals surface area contributed by atoms with E-state index in [2.05, 4.69) is 5.32 Å². The molecule has 1 aliphatic carbocycles. The molecule has 2 rings (SSSR count). The third kappa shape index (κ3) is 3.71. The van der Waals surface area contributed by atoms with Crippen LogP contribution in [0.15, 0.2) is 24.3 Å². The Balaban J connectivity index is 2.01. The Morgan fingerprint density at radius 3 is 2.85 bits per heavy atom. The van der Waals surface area contributed by atoms with E-state index in [9.17, 15) is 4.79 Å². The Hall–Kier alpha value is -1.59. The lowest BCUT2D eigenvalue weighted by atomic mass is 10.0. The van der Waals surface area contributed by atoms with Crippen LogP contribution < -0.4 is 10.1 Å². The van der Waals surface area contributed by atoms with Gasteiger partial charge in [-0.2, -0.15) is 0 Å². The molecule has 1 saturated carbocycles. The standard InChI is InChI=1S/C15H21NO4/c1-15(14(18)19-2,16-12-6-7-12)10-20-13-5-3-4-11(8-13)9-17/h3-5,8,12,16-17H,6-7,9-10H2,1-2H3. The maximum absolute atomic E-state index is 11.9. The molecule has 0 heterocycles. The van der Waals surface area contributed by atoms with Crippen molar-refractivity contribution >= 4 is 5.97 Å². The summed E-state index contributed by atoms with van der Waals surface area (Å²) in [7, 11) is 1.38. The molecule has 1 unspecified atom stereocenters. The van der Waals surface area contributed by atoms with Crippen LogP contribution >= 0.6 is 0 Å². The molecular weight excluding hydrogens is 258 g/mol. The summed E-state index contributed by atoms with van der Waals surface area (Å²) in [5.74, 6) is 0.298. The molecule has 0 amide bonds. The lowest BCUT2D eigenvalue weighted by molar-refractivity contribution is -0.149. The zero-order chi connectivity index (χ0) is 14.6. The fourth-order valence-electron chi connectivity index (χ4n) is 2.02. The highest BCUT2D eigenvalue weighted by atomic mass is 16.5. The highest BCUT2D eigenvalue weighted by Crippen LogP contribution is 2.24. The normalized spacial score (nSPS) is 17.4. The third-order valence-corrected chi connectivity index (χ3v) is 3.34. The van der Waals surface area contributed by atoms with E-state index >= 15 is 0 Å². The first-order valence-corrected chi connectivity index (χ1v) is 6.76. The predicted octanol–water partition coefficient (Wildman–Crippen LogP) is 1.24. The SMILES string of the molecule is COC(=O)C(C)(COc1cccc(CO)c1)NC1CC1. The highest BCUT2D eigenvalue weighted by Gasteiger charge is 2.40. The van der Waals surface area contributed by atoms with Crippen LogP contribution in [0, 0.1) is 0 Å². The van der Waals surface area contributed by atoms with Gasteiger partial charge < -0.3 is 14.6 Å². The Labute approximate surface area is 118 Å². The molecule has 0 aromatic heterocycles. The lowest BCUT2D eigenvalue weighted by Crippen LogP contribution is -2.55. The number of rotatable bonds is 7. The molecule has 1 atom stereocenters. The first kappa shape index (κ1) is 14.8. The predicted molar refractivity (Wildman–Crippen MR) is 74.4 cm³/mol. The van der Waals surface area contributed by atoms with Gasteiger partial charge in [0.2, 0.25) is 0 Å². The third-order valence-electron chi connectivity index (χ3n) is 3.34. The molecule has 1 aromatic carbocycles. The number of hydrogen-bond acceptors (Lipinski definition) is 5. The summed E-state index contributed by atoms with van der Waals surface area (Å²) in [4.78, 5) is 11.9. The molecule has 0 saturated heterocycles. The number of carbonyl (C=O) groups excluding carboxylic acids is 1. The summed E-state index contributed by atoms with van der Waals surface area (Å²) in [5, 5.41) is 12.4. The van der Waals surface area contributed by atoms with Crippen LogP contribution in [0.2, 0.25) is 0 Å². The number of ether oxygens (including phenoxy) is 2. The molecule has 1 aromatic rings. The number of methoxy groups -OCH3 is 1. The number of hydrogen-bond donors (Lipinski definition) is 2. The second kappa shape index (κ2) is 6.24. The number of aliphatic hydroxyl groups excluding tert-OH is 1. The molecule has 110 valence electrons. The number of aliphatic hydroxyl groups is 1. The number of benzene rings is 1. The van der Waals surface area contributed by atoms with Crippen LogP contribution in [-0.2, 0) is 16.1 Å².